The number of thioether (sulfide) groups is 1. The second-order valence-corrected chi connectivity index (χ2v) is 7.60. The quantitative estimate of drug-likeness (QED) is 0.366. The van der Waals surface area contributed by atoms with Gasteiger partial charge in [0.1, 0.15) is 5.75 Å². The molecule has 0 unspecified atom stereocenters. The van der Waals surface area contributed by atoms with Crippen LogP contribution in [0.3, 0.4) is 0 Å². The molecule has 0 N–H and O–H groups in total. The van der Waals surface area contributed by atoms with E-state index in [1.54, 1.807) is 30.3 Å². The number of nitriles is 1. The summed E-state index contributed by atoms with van der Waals surface area (Å²) in [6.45, 7) is 4.17. The SMILES string of the molecule is CC(C)c1cc(Oc2ccc(Cl)cc2)nc(SCc2cccc(C#N)c2)n1. The standard InChI is InChI=1S/C21H18ClN3OS/c1-14(2)19-11-20(26-18-8-6-17(22)7-9-18)25-21(24-19)27-13-16-5-3-4-15(10-16)12-23/h3-11,14H,13H2,1-2H3. The van der Waals surface area contributed by atoms with Gasteiger partial charge in [-0.15, -0.1) is 0 Å². The minimum absolute atomic E-state index is 0.252. The summed E-state index contributed by atoms with van der Waals surface area (Å²) < 4.78 is 5.89. The van der Waals surface area contributed by atoms with E-state index in [9.17, 15) is 0 Å². The lowest BCUT2D eigenvalue weighted by Gasteiger charge is -2.11. The molecule has 1 heterocycles. The molecule has 3 aromatic rings. The van der Waals surface area contributed by atoms with Gasteiger partial charge in [-0.05, 0) is 47.9 Å². The third-order valence-corrected chi connectivity index (χ3v) is 4.92. The van der Waals surface area contributed by atoms with Crippen LogP contribution in [0, 0.1) is 11.3 Å². The average Bonchev–Trinajstić information content (AvgIpc) is 2.68. The topological polar surface area (TPSA) is 58.8 Å². The van der Waals surface area contributed by atoms with E-state index in [0.717, 1.165) is 11.3 Å². The molecule has 0 aliphatic carbocycles. The van der Waals surface area contributed by atoms with Crippen molar-refractivity contribution >= 4 is 23.4 Å². The largest absolute Gasteiger partial charge is 0.439 e. The van der Waals surface area contributed by atoms with Gasteiger partial charge in [-0.25, -0.2) is 4.98 Å². The number of hydrogen-bond acceptors (Lipinski definition) is 5. The number of ether oxygens (including phenoxy) is 1. The first-order chi connectivity index (χ1) is 13.0. The van der Waals surface area contributed by atoms with Crippen LogP contribution in [0.4, 0.5) is 0 Å². The van der Waals surface area contributed by atoms with Crippen molar-refractivity contribution in [2.45, 2.75) is 30.7 Å². The molecule has 0 bridgehead atoms. The van der Waals surface area contributed by atoms with Crippen molar-refractivity contribution in [3.05, 3.63) is 76.4 Å². The molecule has 27 heavy (non-hydrogen) atoms. The molecule has 4 nitrogen and oxygen atoms in total. The second-order valence-electron chi connectivity index (χ2n) is 6.23. The predicted octanol–water partition coefficient (Wildman–Crippen LogP) is 6.21. The molecule has 0 saturated carbocycles. The third-order valence-electron chi connectivity index (χ3n) is 3.75. The summed E-state index contributed by atoms with van der Waals surface area (Å²) in [5.74, 6) is 2.11. The third kappa shape index (κ3) is 5.46. The van der Waals surface area contributed by atoms with Crippen LogP contribution in [-0.4, -0.2) is 9.97 Å². The molecular formula is C21H18ClN3OS. The predicted molar refractivity (Wildman–Crippen MR) is 108 cm³/mol. The minimum atomic E-state index is 0.252. The molecule has 2 aromatic carbocycles. The van der Waals surface area contributed by atoms with Crippen LogP contribution >= 0.6 is 23.4 Å². The number of rotatable bonds is 6. The second kappa shape index (κ2) is 8.90. The van der Waals surface area contributed by atoms with Crippen LogP contribution in [0.5, 0.6) is 11.6 Å². The van der Waals surface area contributed by atoms with Crippen molar-refractivity contribution in [1.82, 2.24) is 9.97 Å². The molecular weight excluding hydrogens is 378 g/mol. The summed E-state index contributed by atoms with van der Waals surface area (Å²) in [5.41, 5.74) is 2.62. The van der Waals surface area contributed by atoms with Crippen molar-refractivity contribution in [1.29, 1.82) is 5.26 Å². The molecule has 3 rings (SSSR count). The maximum atomic E-state index is 9.03. The van der Waals surface area contributed by atoms with Gasteiger partial charge >= 0.3 is 0 Å². The number of hydrogen-bond donors (Lipinski definition) is 0. The van der Waals surface area contributed by atoms with Crippen LogP contribution < -0.4 is 4.74 Å². The number of halogens is 1. The Morgan fingerprint density at radius 1 is 1.11 bits per heavy atom. The summed E-state index contributed by atoms with van der Waals surface area (Å²) in [6, 6.07) is 18.7. The normalized spacial score (nSPS) is 10.6. The molecule has 0 amide bonds. The molecule has 0 saturated heterocycles. The monoisotopic (exact) mass is 395 g/mol. The highest BCUT2D eigenvalue weighted by Gasteiger charge is 2.11. The van der Waals surface area contributed by atoms with Crippen molar-refractivity contribution in [2.75, 3.05) is 0 Å². The Bertz CT molecular complexity index is 968. The van der Waals surface area contributed by atoms with Crippen LogP contribution in [0.25, 0.3) is 0 Å². The highest BCUT2D eigenvalue weighted by atomic mass is 35.5. The fraction of sp³-hybridized carbons (Fsp3) is 0.190. The van der Waals surface area contributed by atoms with Gasteiger partial charge in [0.25, 0.3) is 0 Å². The zero-order valence-electron chi connectivity index (χ0n) is 15.0. The van der Waals surface area contributed by atoms with E-state index >= 15 is 0 Å². The zero-order chi connectivity index (χ0) is 19.2. The number of aromatic nitrogens is 2. The molecule has 0 aliphatic heterocycles. The van der Waals surface area contributed by atoms with Gasteiger partial charge in [-0.3, -0.25) is 0 Å². The average molecular weight is 396 g/mol. The van der Waals surface area contributed by atoms with Crippen molar-refractivity contribution in [2.24, 2.45) is 0 Å². The van der Waals surface area contributed by atoms with Gasteiger partial charge in [0.2, 0.25) is 5.88 Å². The van der Waals surface area contributed by atoms with Gasteiger partial charge in [0.05, 0.1) is 17.3 Å². The Morgan fingerprint density at radius 3 is 2.59 bits per heavy atom. The van der Waals surface area contributed by atoms with Gasteiger partial charge in [0.15, 0.2) is 5.16 Å². The fourth-order valence-corrected chi connectivity index (χ4v) is 3.26. The molecule has 1 aromatic heterocycles. The van der Waals surface area contributed by atoms with E-state index in [0.29, 0.717) is 33.1 Å². The van der Waals surface area contributed by atoms with E-state index < -0.39 is 0 Å². The molecule has 0 spiro atoms. The lowest BCUT2D eigenvalue weighted by atomic mass is 10.1. The Morgan fingerprint density at radius 2 is 1.89 bits per heavy atom. The van der Waals surface area contributed by atoms with Crippen LogP contribution in [0.15, 0.2) is 59.8 Å². The molecule has 0 fully saturated rings. The van der Waals surface area contributed by atoms with Crippen molar-refractivity contribution in [3.8, 4) is 17.7 Å². The minimum Gasteiger partial charge on any atom is -0.439 e. The number of nitrogens with zero attached hydrogens (tertiary/aromatic N) is 3. The van der Waals surface area contributed by atoms with Crippen molar-refractivity contribution < 1.29 is 4.74 Å². The zero-order valence-corrected chi connectivity index (χ0v) is 16.6. The van der Waals surface area contributed by atoms with E-state index in [1.807, 2.05) is 24.3 Å². The molecule has 136 valence electrons. The van der Waals surface area contributed by atoms with Gasteiger partial charge < -0.3 is 4.74 Å². The molecule has 0 atom stereocenters. The smallest absolute Gasteiger partial charge is 0.223 e. The first kappa shape index (κ1) is 19.2. The van der Waals surface area contributed by atoms with Gasteiger partial charge in [0, 0.05) is 16.8 Å². The Hall–Kier alpha value is -2.55. The van der Waals surface area contributed by atoms with Crippen LogP contribution in [0.2, 0.25) is 5.02 Å². The molecule has 0 radical (unpaired) electrons. The summed E-state index contributed by atoms with van der Waals surface area (Å²) in [6.07, 6.45) is 0. The lowest BCUT2D eigenvalue weighted by molar-refractivity contribution is 0.453. The van der Waals surface area contributed by atoms with Crippen molar-refractivity contribution in [3.63, 3.8) is 0 Å². The summed E-state index contributed by atoms with van der Waals surface area (Å²) in [4.78, 5) is 9.15. The van der Waals surface area contributed by atoms with E-state index in [4.69, 9.17) is 21.6 Å². The summed E-state index contributed by atoms with van der Waals surface area (Å²) in [7, 11) is 0. The van der Waals surface area contributed by atoms with Crippen LogP contribution in [0.1, 0.15) is 36.6 Å². The molecule has 6 heteroatoms. The maximum absolute atomic E-state index is 9.03. The first-order valence-corrected chi connectivity index (χ1v) is 9.84. The number of benzene rings is 2. The van der Waals surface area contributed by atoms with Crippen LogP contribution in [-0.2, 0) is 5.75 Å². The Labute approximate surface area is 168 Å². The van der Waals surface area contributed by atoms with E-state index in [2.05, 4.69) is 29.9 Å². The highest BCUT2D eigenvalue weighted by molar-refractivity contribution is 7.98. The lowest BCUT2D eigenvalue weighted by Crippen LogP contribution is -2.00. The Kier molecular flexibility index (Phi) is 6.33. The summed E-state index contributed by atoms with van der Waals surface area (Å²) >= 11 is 7.44. The highest BCUT2D eigenvalue weighted by Crippen LogP contribution is 2.28. The summed E-state index contributed by atoms with van der Waals surface area (Å²) in [5, 5.41) is 10.3. The van der Waals surface area contributed by atoms with E-state index in [-0.39, 0.29) is 5.92 Å². The fourth-order valence-electron chi connectivity index (χ4n) is 2.34. The Balaban J connectivity index is 1.80. The van der Waals surface area contributed by atoms with Gasteiger partial charge in [-0.1, -0.05) is 49.3 Å². The van der Waals surface area contributed by atoms with E-state index in [1.165, 1.54) is 11.8 Å². The first-order valence-electron chi connectivity index (χ1n) is 8.48. The maximum Gasteiger partial charge on any atom is 0.223 e. The molecule has 0 aliphatic rings. The van der Waals surface area contributed by atoms with Gasteiger partial charge in [-0.2, -0.15) is 10.2 Å².